The van der Waals surface area contributed by atoms with Gasteiger partial charge in [0.2, 0.25) is 0 Å². The minimum absolute atomic E-state index is 0.110. The van der Waals surface area contributed by atoms with E-state index in [0.717, 1.165) is 12.1 Å². The van der Waals surface area contributed by atoms with Crippen molar-refractivity contribution in [2.75, 3.05) is 18.1 Å². The summed E-state index contributed by atoms with van der Waals surface area (Å²) in [5, 5.41) is 0. The highest BCUT2D eigenvalue weighted by atomic mass is 19.4. The molecule has 1 aromatic rings. The second-order valence-electron chi connectivity index (χ2n) is 4.97. The van der Waals surface area contributed by atoms with Crippen molar-refractivity contribution in [1.82, 2.24) is 0 Å². The number of cyclic esters (lactones) is 1. The Bertz CT molecular complexity index is 519. The number of ether oxygens (including phenoxy) is 1. The van der Waals surface area contributed by atoms with Gasteiger partial charge in [0.05, 0.1) is 11.1 Å². The van der Waals surface area contributed by atoms with Crippen molar-refractivity contribution in [3.8, 4) is 0 Å². The number of anilines is 1. The first-order chi connectivity index (χ1) is 9.28. The Hall–Kier alpha value is -1.76. The van der Waals surface area contributed by atoms with Crippen LogP contribution >= 0.6 is 0 Å². The highest BCUT2D eigenvalue weighted by Crippen LogP contribution is 2.36. The van der Waals surface area contributed by atoms with E-state index in [1.54, 1.807) is 6.92 Å². The number of benzene rings is 1. The smallest absolute Gasteiger partial charge is 0.416 e. The van der Waals surface area contributed by atoms with E-state index in [1.807, 2.05) is 0 Å². The van der Waals surface area contributed by atoms with Crippen molar-refractivity contribution in [3.63, 3.8) is 0 Å². The van der Waals surface area contributed by atoms with Gasteiger partial charge in [0.15, 0.2) is 0 Å². The van der Waals surface area contributed by atoms with Crippen LogP contribution in [0.5, 0.6) is 0 Å². The molecule has 0 aliphatic carbocycles. The number of hydrogen-bond acceptors (Lipinski definition) is 3. The molecule has 4 nitrogen and oxygen atoms in total. The van der Waals surface area contributed by atoms with Crippen molar-refractivity contribution in [2.45, 2.75) is 25.1 Å². The van der Waals surface area contributed by atoms with Gasteiger partial charge in [0.25, 0.3) is 0 Å². The molecule has 0 radical (unpaired) electrons. The molecule has 0 saturated carbocycles. The van der Waals surface area contributed by atoms with E-state index in [9.17, 15) is 18.0 Å². The number of amides is 1. The minimum Gasteiger partial charge on any atom is -0.447 e. The monoisotopic (exact) mass is 288 g/mol. The summed E-state index contributed by atoms with van der Waals surface area (Å²) in [7, 11) is 0. The summed E-state index contributed by atoms with van der Waals surface area (Å²) in [5.41, 5.74) is 4.14. The van der Waals surface area contributed by atoms with E-state index in [-0.39, 0.29) is 12.3 Å². The van der Waals surface area contributed by atoms with E-state index in [1.165, 1.54) is 17.0 Å². The zero-order chi connectivity index (χ0) is 15.0. The summed E-state index contributed by atoms with van der Waals surface area (Å²) in [4.78, 5) is 13.1. The fourth-order valence-electron chi connectivity index (χ4n) is 2.30. The van der Waals surface area contributed by atoms with Crippen LogP contribution < -0.4 is 10.6 Å². The molecular formula is C13H15F3N2O2. The molecule has 1 fully saturated rings. The fraction of sp³-hybridized carbons (Fsp3) is 0.462. The van der Waals surface area contributed by atoms with Gasteiger partial charge in [-0.3, -0.25) is 4.90 Å². The first kappa shape index (κ1) is 14.6. The molecule has 1 heterocycles. The van der Waals surface area contributed by atoms with Crippen molar-refractivity contribution >= 4 is 11.8 Å². The van der Waals surface area contributed by atoms with E-state index >= 15 is 0 Å². The van der Waals surface area contributed by atoms with Crippen LogP contribution in [0.15, 0.2) is 24.3 Å². The predicted octanol–water partition coefficient (Wildman–Crippen LogP) is 2.77. The maximum Gasteiger partial charge on any atom is 0.416 e. The standard InChI is InChI=1S/C13H15F3N2O2/c1-12(5-6-17)8-20-11(19)18(12)10-4-2-3-9(7-10)13(14,15)16/h2-4,7H,5-6,8,17H2,1H3. The Morgan fingerprint density at radius 2 is 2.15 bits per heavy atom. The van der Waals surface area contributed by atoms with Gasteiger partial charge in [-0.05, 0) is 38.1 Å². The molecule has 0 bridgehead atoms. The van der Waals surface area contributed by atoms with Crippen molar-refractivity contribution < 1.29 is 22.7 Å². The lowest BCUT2D eigenvalue weighted by Gasteiger charge is -2.31. The van der Waals surface area contributed by atoms with Crippen LogP contribution in [0.1, 0.15) is 18.9 Å². The number of halogens is 3. The van der Waals surface area contributed by atoms with Gasteiger partial charge in [-0.15, -0.1) is 0 Å². The number of hydrogen-bond donors (Lipinski definition) is 1. The van der Waals surface area contributed by atoms with Crippen LogP contribution in [0.25, 0.3) is 0 Å². The molecule has 1 aliphatic heterocycles. The van der Waals surface area contributed by atoms with Crippen LogP contribution in [-0.2, 0) is 10.9 Å². The molecule has 1 aliphatic rings. The van der Waals surface area contributed by atoms with Crippen molar-refractivity contribution in [3.05, 3.63) is 29.8 Å². The average Bonchev–Trinajstić information content (AvgIpc) is 2.65. The van der Waals surface area contributed by atoms with Gasteiger partial charge in [-0.25, -0.2) is 4.79 Å². The van der Waals surface area contributed by atoms with Crippen LogP contribution in [0, 0.1) is 0 Å². The minimum atomic E-state index is -4.45. The largest absolute Gasteiger partial charge is 0.447 e. The topological polar surface area (TPSA) is 55.6 Å². The Labute approximate surface area is 114 Å². The van der Waals surface area contributed by atoms with Crippen LogP contribution in [0.4, 0.5) is 23.7 Å². The van der Waals surface area contributed by atoms with E-state index in [0.29, 0.717) is 13.0 Å². The number of alkyl halides is 3. The molecule has 1 saturated heterocycles. The Balaban J connectivity index is 2.41. The van der Waals surface area contributed by atoms with Gasteiger partial charge >= 0.3 is 12.3 Å². The first-order valence-electron chi connectivity index (χ1n) is 6.12. The van der Waals surface area contributed by atoms with Crippen LogP contribution in [0.3, 0.4) is 0 Å². The third-order valence-corrected chi connectivity index (χ3v) is 3.34. The van der Waals surface area contributed by atoms with Crippen LogP contribution in [-0.4, -0.2) is 24.8 Å². The molecule has 20 heavy (non-hydrogen) atoms. The molecule has 7 heteroatoms. The summed E-state index contributed by atoms with van der Waals surface area (Å²) in [6.45, 7) is 2.16. The highest BCUT2D eigenvalue weighted by Gasteiger charge is 2.44. The zero-order valence-electron chi connectivity index (χ0n) is 10.9. The average molecular weight is 288 g/mol. The normalized spacial score (nSPS) is 23.1. The molecule has 1 unspecified atom stereocenters. The molecule has 1 aromatic carbocycles. The molecular weight excluding hydrogens is 273 g/mol. The van der Waals surface area contributed by atoms with E-state index in [4.69, 9.17) is 10.5 Å². The second kappa shape index (κ2) is 4.97. The van der Waals surface area contributed by atoms with Crippen molar-refractivity contribution in [2.24, 2.45) is 5.73 Å². The number of carbonyl (C=O) groups is 1. The zero-order valence-corrected chi connectivity index (χ0v) is 10.9. The molecule has 1 atom stereocenters. The molecule has 2 N–H and O–H groups in total. The summed E-state index contributed by atoms with van der Waals surface area (Å²) in [6, 6.07) is 4.63. The number of nitrogens with zero attached hydrogens (tertiary/aromatic N) is 1. The Morgan fingerprint density at radius 1 is 1.45 bits per heavy atom. The van der Waals surface area contributed by atoms with Crippen molar-refractivity contribution in [1.29, 1.82) is 0 Å². The molecule has 110 valence electrons. The van der Waals surface area contributed by atoms with E-state index in [2.05, 4.69) is 0 Å². The van der Waals surface area contributed by atoms with Gasteiger partial charge in [-0.2, -0.15) is 13.2 Å². The third kappa shape index (κ3) is 2.58. The quantitative estimate of drug-likeness (QED) is 0.930. The maximum atomic E-state index is 12.7. The Morgan fingerprint density at radius 3 is 2.75 bits per heavy atom. The lowest BCUT2D eigenvalue weighted by molar-refractivity contribution is -0.137. The lowest BCUT2D eigenvalue weighted by Crippen LogP contribution is -2.46. The summed E-state index contributed by atoms with van der Waals surface area (Å²) >= 11 is 0. The number of rotatable bonds is 3. The molecule has 1 amide bonds. The molecule has 0 aromatic heterocycles. The third-order valence-electron chi connectivity index (χ3n) is 3.34. The predicted molar refractivity (Wildman–Crippen MR) is 67.3 cm³/mol. The van der Waals surface area contributed by atoms with Gasteiger partial charge < -0.3 is 10.5 Å². The second-order valence-corrected chi connectivity index (χ2v) is 4.97. The summed E-state index contributed by atoms with van der Waals surface area (Å²) in [5.74, 6) is 0. The van der Waals surface area contributed by atoms with Crippen LogP contribution in [0.2, 0.25) is 0 Å². The Kier molecular flexibility index (Phi) is 3.64. The van der Waals surface area contributed by atoms with E-state index < -0.39 is 23.4 Å². The summed E-state index contributed by atoms with van der Waals surface area (Å²) in [6.07, 6.45) is -4.67. The van der Waals surface area contributed by atoms with Gasteiger partial charge in [-0.1, -0.05) is 6.07 Å². The lowest BCUT2D eigenvalue weighted by atomic mass is 9.97. The van der Waals surface area contributed by atoms with Gasteiger partial charge in [0.1, 0.15) is 6.61 Å². The molecule has 0 spiro atoms. The first-order valence-corrected chi connectivity index (χ1v) is 6.12. The van der Waals surface area contributed by atoms with Gasteiger partial charge in [0, 0.05) is 5.69 Å². The number of nitrogens with two attached hydrogens (primary N) is 1. The maximum absolute atomic E-state index is 12.7. The highest BCUT2D eigenvalue weighted by molar-refractivity contribution is 5.91. The summed E-state index contributed by atoms with van der Waals surface area (Å²) < 4.78 is 43.2. The number of carbonyl (C=O) groups excluding carboxylic acids is 1. The fourth-order valence-corrected chi connectivity index (χ4v) is 2.30. The molecule has 2 rings (SSSR count). The SMILES string of the molecule is CC1(CCN)COC(=O)N1c1cccc(C(F)(F)F)c1.